The number of benzene rings is 1. The molecule has 5 heteroatoms. The van der Waals surface area contributed by atoms with Crippen LogP contribution in [0.5, 0.6) is 0 Å². The molecule has 1 fully saturated rings. The van der Waals surface area contributed by atoms with Gasteiger partial charge < -0.3 is 10.6 Å². The first-order valence-electron chi connectivity index (χ1n) is 6.54. The minimum absolute atomic E-state index is 0.163. The van der Waals surface area contributed by atoms with Crippen LogP contribution in [0.3, 0.4) is 0 Å². The monoisotopic (exact) mass is 268 g/mol. The lowest BCUT2D eigenvalue weighted by Gasteiger charge is -2.26. The van der Waals surface area contributed by atoms with Gasteiger partial charge in [0, 0.05) is 18.3 Å². The van der Waals surface area contributed by atoms with Crippen LogP contribution in [0, 0.1) is 17.0 Å². The van der Waals surface area contributed by atoms with E-state index in [1.54, 1.807) is 0 Å². The first kappa shape index (κ1) is 13.9. The van der Waals surface area contributed by atoms with Crippen LogP contribution in [0.4, 0.5) is 14.5 Å². The van der Waals surface area contributed by atoms with E-state index in [0.29, 0.717) is 6.54 Å². The predicted octanol–water partition coefficient (Wildman–Crippen LogP) is 2.68. The van der Waals surface area contributed by atoms with Gasteiger partial charge >= 0.3 is 0 Å². The van der Waals surface area contributed by atoms with E-state index in [1.807, 2.05) is 6.92 Å². The summed E-state index contributed by atoms with van der Waals surface area (Å²) in [5.74, 6) is -1.54. The average Bonchev–Trinajstić information content (AvgIpc) is 2.78. The van der Waals surface area contributed by atoms with Crippen LogP contribution in [0.15, 0.2) is 18.2 Å². The van der Waals surface area contributed by atoms with Crippen molar-refractivity contribution in [3.8, 4) is 0 Å². The Morgan fingerprint density at radius 1 is 1.37 bits per heavy atom. The quantitative estimate of drug-likeness (QED) is 0.881. The molecule has 19 heavy (non-hydrogen) atoms. The fourth-order valence-corrected chi connectivity index (χ4v) is 2.63. The fourth-order valence-electron chi connectivity index (χ4n) is 2.63. The maximum atomic E-state index is 13.1. The Hall–Kier alpha value is -1.49. The van der Waals surface area contributed by atoms with Crippen molar-refractivity contribution >= 4 is 11.6 Å². The van der Waals surface area contributed by atoms with Crippen molar-refractivity contribution in [3.05, 3.63) is 29.8 Å². The summed E-state index contributed by atoms with van der Waals surface area (Å²) >= 11 is 0. The summed E-state index contributed by atoms with van der Waals surface area (Å²) < 4.78 is 26.2. The summed E-state index contributed by atoms with van der Waals surface area (Å²) in [5, 5.41) is 5.81. The van der Waals surface area contributed by atoms with Crippen LogP contribution in [0.1, 0.15) is 26.2 Å². The van der Waals surface area contributed by atoms with Crippen molar-refractivity contribution in [2.75, 3.05) is 18.4 Å². The van der Waals surface area contributed by atoms with E-state index in [0.717, 1.165) is 44.0 Å². The number of hydrogen-bond acceptors (Lipinski definition) is 2. The fraction of sp³-hybridized carbons (Fsp3) is 0.500. The van der Waals surface area contributed by atoms with E-state index in [1.165, 1.54) is 0 Å². The number of hydrogen-bond donors (Lipinski definition) is 2. The summed E-state index contributed by atoms with van der Waals surface area (Å²) in [4.78, 5) is 12.4. The number of nitrogens with one attached hydrogen (secondary N) is 2. The summed E-state index contributed by atoms with van der Waals surface area (Å²) in [5.41, 5.74) is -0.290. The van der Waals surface area contributed by atoms with Crippen molar-refractivity contribution < 1.29 is 13.6 Å². The molecule has 1 heterocycles. The molecule has 2 rings (SSSR count). The van der Waals surface area contributed by atoms with E-state index in [2.05, 4.69) is 10.6 Å². The SMILES string of the molecule is CCCC1(C(=O)Nc2cc(F)cc(F)c2)CCNC1. The molecular weight excluding hydrogens is 250 g/mol. The topological polar surface area (TPSA) is 41.1 Å². The standard InChI is InChI=1S/C14H18F2N2O/c1-2-3-14(4-5-17-9-14)13(19)18-12-7-10(15)6-11(16)8-12/h6-8,17H,2-5,9H2,1H3,(H,18,19). The molecule has 1 aliphatic heterocycles. The molecule has 0 aromatic heterocycles. The molecule has 0 aliphatic carbocycles. The van der Waals surface area contributed by atoms with Crippen LogP contribution in [-0.2, 0) is 4.79 Å². The highest BCUT2D eigenvalue weighted by Crippen LogP contribution is 2.32. The lowest BCUT2D eigenvalue weighted by atomic mass is 9.81. The Labute approximate surface area is 111 Å². The molecule has 1 aromatic carbocycles. The zero-order chi connectivity index (χ0) is 13.9. The zero-order valence-corrected chi connectivity index (χ0v) is 10.9. The van der Waals surface area contributed by atoms with Gasteiger partial charge in [0.15, 0.2) is 0 Å². The Morgan fingerprint density at radius 2 is 2.05 bits per heavy atom. The van der Waals surface area contributed by atoms with Crippen molar-refractivity contribution in [1.29, 1.82) is 0 Å². The summed E-state index contributed by atoms with van der Waals surface area (Å²) in [6.07, 6.45) is 2.42. The molecule has 1 saturated heterocycles. The van der Waals surface area contributed by atoms with Gasteiger partial charge in [0.05, 0.1) is 5.41 Å². The third kappa shape index (κ3) is 3.10. The van der Waals surface area contributed by atoms with Crippen LogP contribution in [-0.4, -0.2) is 19.0 Å². The number of carbonyl (C=O) groups excluding carboxylic acids is 1. The molecule has 0 radical (unpaired) electrons. The Balaban J connectivity index is 2.14. The Bertz CT molecular complexity index is 450. The highest BCUT2D eigenvalue weighted by atomic mass is 19.1. The normalized spacial score (nSPS) is 22.5. The zero-order valence-electron chi connectivity index (χ0n) is 10.9. The molecule has 1 aromatic rings. The Kier molecular flexibility index (Phi) is 4.14. The highest BCUT2D eigenvalue weighted by Gasteiger charge is 2.40. The van der Waals surface area contributed by atoms with E-state index >= 15 is 0 Å². The molecule has 1 amide bonds. The van der Waals surface area contributed by atoms with Gasteiger partial charge in [-0.1, -0.05) is 13.3 Å². The molecule has 0 saturated carbocycles. The molecule has 1 aliphatic rings. The van der Waals surface area contributed by atoms with Crippen LogP contribution >= 0.6 is 0 Å². The van der Waals surface area contributed by atoms with Gasteiger partial charge in [0.2, 0.25) is 5.91 Å². The first-order chi connectivity index (χ1) is 9.05. The van der Waals surface area contributed by atoms with Gasteiger partial charge in [-0.2, -0.15) is 0 Å². The smallest absolute Gasteiger partial charge is 0.231 e. The number of rotatable bonds is 4. The first-order valence-corrected chi connectivity index (χ1v) is 6.54. The van der Waals surface area contributed by atoms with E-state index in [9.17, 15) is 13.6 Å². The van der Waals surface area contributed by atoms with E-state index in [4.69, 9.17) is 0 Å². The summed E-state index contributed by atoms with van der Waals surface area (Å²) in [7, 11) is 0. The molecule has 2 N–H and O–H groups in total. The second kappa shape index (κ2) is 5.65. The maximum absolute atomic E-state index is 13.1. The minimum atomic E-state index is -0.690. The molecule has 104 valence electrons. The number of amides is 1. The van der Waals surface area contributed by atoms with Crippen LogP contribution in [0.2, 0.25) is 0 Å². The maximum Gasteiger partial charge on any atom is 0.231 e. The van der Waals surface area contributed by atoms with Gasteiger partial charge in [0.1, 0.15) is 11.6 Å². The molecule has 0 bridgehead atoms. The molecule has 0 spiro atoms. The minimum Gasteiger partial charge on any atom is -0.325 e. The van der Waals surface area contributed by atoms with Crippen LogP contribution < -0.4 is 10.6 Å². The molecule has 1 unspecified atom stereocenters. The van der Waals surface area contributed by atoms with Gasteiger partial charge in [-0.05, 0) is 31.5 Å². The lowest BCUT2D eigenvalue weighted by Crippen LogP contribution is -2.38. The van der Waals surface area contributed by atoms with Crippen molar-refractivity contribution in [2.45, 2.75) is 26.2 Å². The number of carbonyl (C=O) groups is 1. The largest absolute Gasteiger partial charge is 0.325 e. The van der Waals surface area contributed by atoms with E-state index < -0.39 is 17.0 Å². The lowest BCUT2D eigenvalue weighted by molar-refractivity contribution is -0.125. The van der Waals surface area contributed by atoms with Gasteiger partial charge in [-0.15, -0.1) is 0 Å². The second-order valence-corrected chi connectivity index (χ2v) is 5.07. The predicted molar refractivity (Wildman–Crippen MR) is 69.8 cm³/mol. The molecule has 1 atom stereocenters. The third-order valence-electron chi connectivity index (χ3n) is 3.57. The van der Waals surface area contributed by atoms with Crippen molar-refractivity contribution in [1.82, 2.24) is 5.32 Å². The van der Waals surface area contributed by atoms with Gasteiger partial charge in [0.25, 0.3) is 0 Å². The highest BCUT2D eigenvalue weighted by molar-refractivity contribution is 5.95. The van der Waals surface area contributed by atoms with Gasteiger partial charge in [-0.25, -0.2) is 8.78 Å². The van der Waals surface area contributed by atoms with Crippen molar-refractivity contribution in [2.24, 2.45) is 5.41 Å². The second-order valence-electron chi connectivity index (χ2n) is 5.07. The summed E-state index contributed by atoms with van der Waals surface area (Å²) in [6.45, 7) is 3.44. The average molecular weight is 268 g/mol. The molecule has 3 nitrogen and oxygen atoms in total. The van der Waals surface area contributed by atoms with Crippen molar-refractivity contribution in [3.63, 3.8) is 0 Å². The summed E-state index contributed by atoms with van der Waals surface area (Å²) in [6, 6.07) is 3.04. The van der Waals surface area contributed by atoms with E-state index in [-0.39, 0.29) is 11.6 Å². The molecular formula is C14H18F2N2O. The Morgan fingerprint density at radius 3 is 2.58 bits per heavy atom. The number of halogens is 2. The number of anilines is 1. The van der Waals surface area contributed by atoms with Crippen LogP contribution in [0.25, 0.3) is 0 Å². The third-order valence-corrected chi connectivity index (χ3v) is 3.57. The van der Waals surface area contributed by atoms with Gasteiger partial charge in [-0.3, -0.25) is 4.79 Å².